The highest BCUT2D eigenvalue weighted by Gasteiger charge is 2.54. The largest absolute Gasteiger partial charge is 0.486 e. The summed E-state index contributed by atoms with van der Waals surface area (Å²) in [7, 11) is 0. The fourth-order valence-corrected chi connectivity index (χ4v) is 4.84. The summed E-state index contributed by atoms with van der Waals surface area (Å²) in [6.45, 7) is 5.48. The van der Waals surface area contributed by atoms with Crippen LogP contribution in [-0.2, 0) is 4.74 Å². The number of hydrogen-bond acceptors (Lipinski definition) is 8. The average molecular weight is 583 g/mol. The minimum absolute atomic E-state index is 0.0507. The van der Waals surface area contributed by atoms with Crippen molar-refractivity contribution in [3.8, 4) is 5.75 Å². The van der Waals surface area contributed by atoms with E-state index in [4.69, 9.17) is 21.1 Å². The Kier molecular flexibility index (Phi) is 7.28. The van der Waals surface area contributed by atoms with Crippen LogP contribution in [0.15, 0.2) is 24.5 Å². The molecule has 1 amide bonds. The van der Waals surface area contributed by atoms with Gasteiger partial charge in [0.15, 0.2) is 23.3 Å². The predicted octanol–water partition coefficient (Wildman–Crippen LogP) is 5.93. The van der Waals surface area contributed by atoms with Gasteiger partial charge in [-0.2, -0.15) is 0 Å². The molecule has 0 atom stereocenters. The Balaban J connectivity index is 1.41. The number of rotatable bonds is 6. The molecule has 40 heavy (non-hydrogen) atoms. The topological polar surface area (TPSA) is 92.7 Å². The Morgan fingerprint density at radius 2 is 1.95 bits per heavy atom. The monoisotopic (exact) mass is 582 g/mol. The molecule has 2 aliphatic rings. The van der Waals surface area contributed by atoms with E-state index in [1.165, 1.54) is 24.5 Å². The van der Waals surface area contributed by atoms with Gasteiger partial charge >= 0.3 is 6.09 Å². The van der Waals surface area contributed by atoms with Crippen molar-refractivity contribution in [2.75, 3.05) is 36.5 Å². The van der Waals surface area contributed by atoms with Crippen LogP contribution >= 0.6 is 11.6 Å². The van der Waals surface area contributed by atoms with Crippen molar-refractivity contribution in [1.29, 1.82) is 0 Å². The molecule has 1 aliphatic heterocycles. The Bertz CT molecular complexity index is 1450. The lowest BCUT2D eigenvalue weighted by atomic mass is 10.1. The van der Waals surface area contributed by atoms with Crippen molar-refractivity contribution in [1.82, 2.24) is 19.9 Å². The number of nitrogens with zero attached hydrogens (tertiary/aromatic N) is 5. The molecule has 0 unspecified atom stereocenters. The van der Waals surface area contributed by atoms with Crippen molar-refractivity contribution in [2.24, 2.45) is 0 Å². The molecule has 9 nitrogen and oxygen atoms in total. The lowest BCUT2D eigenvalue weighted by Gasteiger charge is -2.42. The van der Waals surface area contributed by atoms with Crippen LogP contribution in [0.2, 0.25) is 5.02 Å². The number of nitrogens with one attached hydrogen (secondary N) is 1. The van der Waals surface area contributed by atoms with E-state index in [-0.39, 0.29) is 34.1 Å². The number of alkyl halides is 2. The molecule has 3 heterocycles. The van der Waals surface area contributed by atoms with E-state index in [2.05, 4.69) is 20.3 Å². The van der Waals surface area contributed by atoms with Gasteiger partial charge < -0.3 is 19.7 Å². The second-order valence-corrected chi connectivity index (χ2v) is 11.1. The number of piperazine rings is 1. The van der Waals surface area contributed by atoms with E-state index in [1.54, 1.807) is 30.6 Å². The van der Waals surface area contributed by atoms with Gasteiger partial charge in [0.25, 0.3) is 6.43 Å². The molecule has 1 spiro atoms. The first-order valence-corrected chi connectivity index (χ1v) is 13.0. The molecule has 5 rings (SSSR count). The van der Waals surface area contributed by atoms with Gasteiger partial charge in [0.2, 0.25) is 0 Å². The molecule has 1 N–H and O–H groups in total. The van der Waals surface area contributed by atoms with Gasteiger partial charge in [0.1, 0.15) is 34.8 Å². The molecule has 214 valence electrons. The SMILES string of the molecule is CC(C)(C)OC(=O)N1CCN(c2nc3c(Nc4ccc(OCC(F)F)c(Cl)c4F)ncnc3cc2F)CC12CC2. The van der Waals surface area contributed by atoms with Crippen LogP contribution in [-0.4, -0.2) is 69.8 Å². The Hall–Kier alpha value is -3.61. The molecule has 1 aliphatic carbocycles. The number of halogens is 5. The third-order valence-electron chi connectivity index (χ3n) is 6.60. The summed E-state index contributed by atoms with van der Waals surface area (Å²) in [5.74, 6) is -1.66. The molecule has 1 saturated heterocycles. The van der Waals surface area contributed by atoms with Crippen LogP contribution in [0.5, 0.6) is 5.75 Å². The molecule has 0 radical (unpaired) electrons. The third kappa shape index (κ3) is 5.65. The van der Waals surface area contributed by atoms with Gasteiger partial charge in [-0.05, 0) is 45.7 Å². The standard InChI is InChI=1S/C26H27ClF4N6O3/c1-25(2,3)40-24(38)37-9-8-36(12-26(37)6-7-26)23-14(28)10-16-21(35-23)22(33-13-32-16)34-15-4-5-17(19(27)20(15)31)39-11-18(29)30/h4-5,10,13,18H,6-9,11-12H2,1-3H3,(H,32,33,34). The molecule has 2 aromatic heterocycles. The number of carbonyl (C=O) groups excluding carboxylic acids is 1. The zero-order valence-electron chi connectivity index (χ0n) is 22.0. The normalized spacial score (nSPS) is 16.5. The first-order chi connectivity index (χ1) is 18.9. The van der Waals surface area contributed by atoms with E-state index < -0.39 is 46.9 Å². The maximum atomic E-state index is 15.3. The zero-order valence-corrected chi connectivity index (χ0v) is 22.7. The third-order valence-corrected chi connectivity index (χ3v) is 6.95. The highest BCUT2D eigenvalue weighted by Crippen LogP contribution is 2.46. The fraction of sp³-hybridized carbons (Fsp3) is 0.462. The number of ether oxygens (including phenoxy) is 2. The second-order valence-electron chi connectivity index (χ2n) is 10.7. The molecule has 14 heteroatoms. The van der Waals surface area contributed by atoms with Gasteiger partial charge in [0, 0.05) is 25.7 Å². The Labute approximate surface area is 232 Å². The number of pyridine rings is 1. The quantitative estimate of drug-likeness (QED) is 0.357. The highest BCUT2D eigenvalue weighted by atomic mass is 35.5. The number of hydrogen-bond donors (Lipinski definition) is 1. The van der Waals surface area contributed by atoms with E-state index >= 15 is 4.39 Å². The van der Waals surface area contributed by atoms with E-state index in [1.807, 2.05) is 0 Å². The number of carbonyl (C=O) groups is 1. The number of benzene rings is 1. The van der Waals surface area contributed by atoms with Crippen LogP contribution in [0, 0.1) is 11.6 Å². The molecule has 2 fully saturated rings. The van der Waals surface area contributed by atoms with Gasteiger partial charge in [-0.25, -0.2) is 37.3 Å². The first kappa shape index (κ1) is 27.9. The van der Waals surface area contributed by atoms with Gasteiger partial charge in [-0.3, -0.25) is 4.90 Å². The fourth-order valence-electron chi connectivity index (χ4n) is 4.62. The maximum Gasteiger partial charge on any atom is 0.410 e. The Morgan fingerprint density at radius 3 is 2.62 bits per heavy atom. The smallest absolute Gasteiger partial charge is 0.410 e. The zero-order chi connectivity index (χ0) is 28.8. The molecule has 1 saturated carbocycles. The van der Waals surface area contributed by atoms with Crippen LogP contribution in [0.1, 0.15) is 33.6 Å². The molecular weight excluding hydrogens is 556 g/mol. The van der Waals surface area contributed by atoms with Crippen LogP contribution < -0.4 is 15.0 Å². The van der Waals surface area contributed by atoms with Crippen LogP contribution in [0.3, 0.4) is 0 Å². The van der Waals surface area contributed by atoms with Crippen molar-refractivity contribution >= 4 is 46.1 Å². The van der Waals surface area contributed by atoms with Gasteiger partial charge in [0.05, 0.1) is 16.7 Å². The van der Waals surface area contributed by atoms with Crippen molar-refractivity contribution < 1.29 is 31.8 Å². The number of anilines is 3. The lowest BCUT2D eigenvalue weighted by molar-refractivity contribution is 0.0106. The first-order valence-electron chi connectivity index (χ1n) is 12.6. The summed E-state index contributed by atoms with van der Waals surface area (Å²) < 4.78 is 65.6. The summed E-state index contributed by atoms with van der Waals surface area (Å²) >= 11 is 5.99. The molecule has 3 aromatic rings. The average Bonchev–Trinajstić information content (AvgIpc) is 3.63. The van der Waals surface area contributed by atoms with Gasteiger partial charge in [-0.1, -0.05) is 11.6 Å². The molecule has 0 bridgehead atoms. The minimum atomic E-state index is -2.75. The summed E-state index contributed by atoms with van der Waals surface area (Å²) in [5, 5.41) is 2.30. The van der Waals surface area contributed by atoms with E-state index in [9.17, 15) is 18.0 Å². The van der Waals surface area contributed by atoms with Crippen molar-refractivity contribution in [3.63, 3.8) is 0 Å². The lowest BCUT2D eigenvalue weighted by Crippen LogP contribution is -2.58. The number of aromatic nitrogens is 3. The Morgan fingerprint density at radius 1 is 1.20 bits per heavy atom. The van der Waals surface area contributed by atoms with E-state index in [0.717, 1.165) is 12.8 Å². The highest BCUT2D eigenvalue weighted by molar-refractivity contribution is 6.32. The van der Waals surface area contributed by atoms with Crippen molar-refractivity contribution in [2.45, 2.75) is 51.2 Å². The summed E-state index contributed by atoms with van der Waals surface area (Å²) in [6.07, 6.45) is -0.470. The number of amides is 1. The second kappa shape index (κ2) is 10.4. The maximum absolute atomic E-state index is 15.3. The summed E-state index contributed by atoms with van der Waals surface area (Å²) in [5.41, 5.74) is -0.873. The number of fused-ring (bicyclic) bond motifs is 1. The molecular formula is C26H27ClF4N6O3. The van der Waals surface area contributed by atoms with Crippen LogP contribution in [0.25, 0.3) is 11.0 Å². The summed E-state index contributed by atoms with van der Waals surface area (Å²) in [6, 6.07) is 3.72. The van der Waals surface area contributed by atoms with Crippen LogP contribution in [0.4, 0.5) is 39.7 Å². The van der Waals surface area contributed by atoms with Crippen molar-refractivity contribution in [3.05, 3.63) is 41.2 Å². The predicted molar refractivity (Wildman–Crippen MR) is 141 cm³/mol. The molecule has 1 aromatic carbocycles. The van der Waals surface area contributed by atoms with E-state index in [0.29, 0.717) is 19.6 Å². The van der Waals surface area contributed by atoms with Gasteiger partial charge in [-0.15, -0.1) is 0 Å². The summed E-state index contributed by atoms with van der Waals surface area (Å²) in [4.78, 5) is 29.0. The minimum Gasteiger partial charge on any atom is -0.486 e.